The van der Waals surface area contributed by atoms with Crippen LogP contribution in [0, 0.1) is 12.7 Å². The van der Waals surface area contributed by atoms with Crippen LogP contribution in [0.25, 0.3) is 6.08 Å². The van der Waals surface area contributed by atoms with Crippen LogP contribution in [0.2, 0.25) is 5.02 Å². The van der Waals surface area contributed by atoms with E-state index in [9.17, 15) is 9.18 Å². The van der Waals surface area contributed by atoms with Crippen LogP contribution in [0.15, 0.2) is 48.5 Å². The van der Waals surface area contributed by atoms with E-state index in [2.05, 4.69) is 5.32 Å². The molecule has 1 amide bonds. The minimum absolute atomic E-state index is 0.237. The Morgan fingerprint density at radius 1 is 1.29 bits per heavy atom. The molecule has 0 atom stereocenters. The first-order valence-corrected chi connectivity index (χ1v) is 8.01. The Balaban J connectivity index is 1.70. The van der Waals surface area contributed by atoms with Gasteiger partial charge in [-0.05, 0) is 42.2 Å². The predicted octanol–water partition coefficient (Wildman–Crippen LogP) is 5.12. The molecule has 5 heteroatoms. The fourth-order valence-corrected chi connectivity index (χ4v) is 2.31. The molecule has 0 saturated carbocycles. The van der Waals surface area contributed by atoms with Crippen molar-refractivity contribution in [3.8, 4) is 0 Å². The van der Waals surface area contributed by atoms with E-state index in [1.54, 1.807) is 19.1 Å². The number of benzene rings is 2. The minimum atomic E-state index is -0.466. The van der Waals surface area contributed by atoms with Crippen molar-refractivity contribution in [2.45, 2.75) is 20.0 Å². The fourth-order valence-electron chi connectivity index (χ4n) is 2.03. The van der Waals surface area contributed by atoms with Crippen LogP contribution in [0.1, 0.15) is 23.1 Å². The van der Waals surface area contributed by atoms with Crippen LogP contribution in [-0.2, 0) is 11.3 Å². The maximum Gasteiger partial charge on any atom is 0.407 e. The van der Waals surface area contributed by atoms with Crippen molar-refractivity contribution in [1.29, 1.82) is 0 Å². The van der Waals surface area contributed by atoms with Crippen LogP contribution in [0.4, 0.5) is 9.18 Å². The highest BCUT2D eigenvalue weighted by atomic mass is 35.5. The van der Waals surface area contributed by atoms with Gasteiger partial charge in [0.1, 0.15) is 12.4 Å². The summed E-state index contributed by atoms with van der Waals surface area (Å²) >= 11 is 6.06. The van der Waals surface area contributed by atoms with E-state index < -0.39 is 6.09 Å². The van der Waals surface area contributed by atoms with Crippen molar-refractivity contribution in [2.75, 3.05) is 6.54 Å². The number of hydrogen-bond acceptors (Lipinski definition) is 2. The van der Waals surface area contributed by atoms with E-state index in [-0.39, 0.29) is 12.4 Å². The smallest absolute Gasteiger partial charge is 0.407 e. The first-order valence-electron chi connectivity index (χ1n) is 7.63. The molecule has 0 fully saturated rings. The highest BCUT2D eigenvalue weighted by molar-refractivity contribution is 6.32. The number of carbonyl (C=O) groups excluding carboxylic acids is 1. The summed E-state index contributed by atoms with van der Waals surface area (Å²) in [4.78, 5) is 11.6. The van der Waals surface area contributed by atoms with Crippen LogP contribution < -0.4 is 5.32 Å². The molecule has 0 aliphatic carbocycles. The monoisotopic (exact) mass is 347 g/mol. The highest BCUT2D eigenvalue weighted by Gasteiger charge is 2.03. The van der Waals surface area contributed by atoms with Crippen molar-refractivity contribution >= 4 is 23.8 Å². The molecule has 0 aliphatic rings. The molecule has 24 heavy (non-hydrogen) atoms. The number of rotatable bonds is 6. The van der Waals surface area contributed by atoms with Gasteiger partial charge in [0.15, 0.2) is 0 Å². The lowest BCUT2D eigenvalue weighted by Gasteiger charge is -2.06. The van der Waals surface area contributed by atoms with Crippen molar-refractivity contribution in [2.24, 2.45) is 0 Å². The lowest BCUT2D eigenvalue weighted by atomic mass is 10.1. The number of carbonyl (C=O) groups is 1. The van der Waals surface area contributed by atoms with Gasteiger partial charge in [-0.2, -0.15) is 0 Å². The fraction of sp³-hybridized carbons (Fsp3) is 0.211. The molecule has 1 N–H and O–H groups in total. The Morgan fingerprint density at radius 2 is 2.04 bits per heavy atom. The summed E-state index contributed by atoms with van der Waals surface area (Å²) in [6.45, 7) is 2.33. The van der Waals surface area contributed by atoms with Crippen LogP contribution in [0.5, 0.6) is 0 Å². The second-order valence-electron chi connectivity index (χ2n) is 5.30. The van der Waals surface area contributed by atoms with Crippen molar-refractivity contribution in [1.82, 2.24) is 5.32 Å². The Morgan fingerprint density at radius 3 is 2.79 bits per heavy atom. The van der Waals surface area contributed by atoms with Gasteiger partial charge in [0, 0.05) is 11.6 Å². The number of hydrogen-bond donors (Lipinski definition) is 1. The second kappa shape index (κ2) is 9.08. The molecule has 2 aromatic carbocycles. The summed E-state index contributed by atoms with van der Waals surface area (Å²) in [5, 5.41) is 3.16. The maximum atomic E-state index is 13.5. The molecule has 0 aromatic heterocycles. The Kier molecular flexibility index (Phi) is 6.82. The van der Waals surface area contributed by atoms with Crippen LogP contribution >= 0.6 is 11.6 Å². The van der Waals surface area contributed by atoms with Gasteiger partial charge < -0.3 is 10.1 Å². The standard InChI is InChI=1S/C19H19ClFNO2/c1-14-11-17(20)16(12-18(14)21)9-5-6-10-22-19(23)24-13-15-7-3-2-4-8-15/h2-5,7-9,11-12H,6,10,13H2,1H3,(H,22,23). The van der Waals surface area contributed by atoms with Gasteiger partial charge in [-0.3, -0.25) is 0 Å². The highest BCUT2D eigenvalue weighted by Crippen LogP contribution is 2.21. The zero-order chi connectivity index (χ0) is 17.4. The SMILES string of the molecule is Cc1cc(Cl)c(C=CCCNC(=O)OCc2ccccc2)cc1F. The lowest BCUT2D eigenvalue weighted by molar-refractivity contribution is 0.140. The van der Waals surface area contributed by atoms with Crippen molar-refractivity contribution in [3.05, 3.63) is 76.1 Å². The van der Waals surface area contributed by atoms with E-state index in [4.69, 9.17) is 16.3 Å². The van der Waals surface area contributed by atoms with E-state index in [1.165, 1.54) is 6.07 Å². The van der Waals surface area contributed by atoms with Crippen molar-refractivity contribution < 1.29 is 13.9 Å². The molecule has 0 aliphatic heterocycles. The molecule has 2 aromatic rings. The van der Waals surface area contributed by atoms with Gasteiger partial charge in [0.2, 0.25) is 0 Å². The van der Waals surface area contributed by atoms with Crippen LogP contribution in [-0.4, -0.2) is 12.6 Å². The molecule has 126 valence electrons. The molecule has 3 nitrogen and oxygen atoms in total. The van der Waals surface area contributed by atoms with Crippen LogP contribution in [0.3, 0.4) is 0 Å². The summed E-state index contributed by atoms with van der Waals surface area (Å²) in [6.07, 6.45) is 3.69. The van der Waals surface area contributed by atoms with Gasteiger partial charge in [-0.1, -0.05) is 54.1 Å². The molecule has 0 unspecified atom stereocenters. The summed E-state index contributed by atoms with van der Waals surface area (Å²) in [5.41, 5.74) is 2.06. The number of ether oxygens (including phenoxy) is 1. The minimum Gasteiger partial charge on any atom is -0.445 e. The summed E-state index contributed by atoms with van der Waals surface area (Å²) in [5.74, 6) is -0.290. The van der Waals surface area contributed by atoms with E-state index in [1.807, 2.05) is 36.4 Å². The molecule has 2 rings (SSSR count). The van der Waals surface area contributed by atoms with E-state index in [0.717, 1.165) is 5.56 Å². The zero-order valence-corrected chi connectivity index (χ0v) is 14.1. The molecule has 0 saturated heterocycles. The second-order valence-corrected chi connectivity index (χ2v) is 5.71. The zero-order valence-electron chi connectivity index (χ0n) is 13.4. The average Bonchev–Trinajstić information content (AvgIpc) is 2.58. The lowest BCUT2D eigenvalue weighted by Crippen LogP contribution is -2.24. The van der Waals surface area contributed by atoms with E-state index in [0.29, 0.717) is 29.1 Å². The molecule has 0 heterocycles. The number of amides is 1. The van der Waals surface area contributed by atoms with Gasteiger partial charge >= 0.3 is 6.09 Å². The summed E-state index contributed by atoms with van der Waals surface area (Å²) < 4.78 is 18.6. The average molecular weight is 348 g/mol. The Labute approximate surface area is 146 Å². The van der Waals surface area contributed by atoms with Gasteiger partial charge in [0.05, 0.1) is 0 Å². The molecule has 0 radical (unpaired) electrons. The third-order valence-corrected chi connectivity index (χ3v) is 3.70. The third-order valence-electron chi connectivity index (χ3n) is 3.37. The van der Waals surface area contributed by atoms with Gasteiger partial charge in [-0.15, -0.1) is 0 Å². The van der Waals surface area contributed by atoms with Gasteiger partial charge in [-0.25, -0.2) is 9.18 Å². The van der Waals surface area contributed by atoms with E-state index >= 15 is 0 Å². The largest absolute Gasteiger partial charge is 0.445 e. The summed E-state index contributed by atoms with van der Waals surface area (Å²) in [6, 6.07) is 12.5. The number of halogens is 2. The van der Waals surface area contributed by atoms with Gasteiger partial charge in [0.25, 0.3) is 0 Å². The predicted molar refractivity (Wildman–Crippen MR) is 94.4 cm³/mol. The normalized spacial score (nSPS) is 10.8. The molecule has 0 spiro atoms. The summed E-state index contributed by atoms with van der Waals surface area (Å²) in [7, 11) is 0. The molecular formula is C19H19ClFNO2. The first kappa shape index (κ1) is 18.0. The Bertz CT molecular complexity index is 717. The maximum absolute atomic E-state index is 13.5. The number of alkyl carbamates (subject to hydrolysis) is 1. The number of aryl methyl sites for hydroxylation is 1. The van der Waals surface area contributed by atoms with Crippen molar-refractivity contribution in [3.63, 3.8) is 0 Å². The first-order chi connectivity index (χ1) is 11.6. The molecular weight excluding hydrogens is 329 g/mol. The quantitative estimate of drug-likeness (QED) is 0.737. The Hall–Kier alpha value is -2.33. The topological polar surface area (TPSA) is 38.3 Å². The number of nitrogens with one attached hydrogen (secondary N) is 1. The third kappa shape index (κ3) is 5.70. The molecule has 0 bridgehead atoms.